The molecule has 308 valence electrons. The molecule has 0 aliphatic rings. The van der Waals surface area contributed by atoms with Crippen LogP contribution in [0.4, 0.5) is 4.79 Å². The summed E-state index contributed by atoms with van der Waals surface area (Å²) in [5, 5.41) is 42.0. The van der Waals surface area contributed by atoms with Crippen LogP contribution in [0, 0.1) is 5.92 Å². The van der Waals surface area contributed by atoms with E-state index in [9.17, 15) is 39.3 Å². The number of ether oxygens (including phenoxy) is 2. The molecule has 4 rings (SSSR count). The van der Waals surface area contributed by atoms with Gasteiger partial charge in [-0.1, -0.05) is 135 Å². The van der Waals surface area contributed by atoms with E-state index in [2.05, 4.69) is 21.3 Å². The molecule has 0 aromatic heterocycles. The van der Waals surface area contributed by atoms with E-state index in [1.807, 2.05) is 80.6 Å². The third kappa shape index (κ3) is 14.8. The van der Waals surface area contributed by atoms with Crippen molar-refractivity contribution in [2.24, 2.45) is 5.92 Å². The number of rotatable bonds is 21. The third-order valence-electron chi connectivity index (χ3n) is 9.03. The summed E-state index contributed by atoms with van der Waals surface area (Å²) in [5.74, 6) is -3.05. The van der Waals surface area contributed by atoms with Crippen molar-refractivity contribution in [2.75, 3.05) is 13.2 Å². The van der Waals surface area contributed by atoms with Crippen LogP contribution >= 0.6 is 0 Å². The second kappa shape index (κ2) is 23.2. The van der Waals surface area contributed by atoms with Crippen LogP contribution in [0.1, 0.15) is 67.5 Å². The van der Waals surface area contributed by atoms with Crippen LogP contribution in [-0.2, 0) is 35.3 Å². The van der Waals surface area contributed by atoms with Crippen molar-refractivity contribution in [3.05, 3.63) is 144 Å². The quantitative estimate of drug-likeness (QED) is 0.0609. The number of aliphatic hydroxyl groups excluding tert-OH is 3. The first-order chi connectivity index (χ1) is 27.9. The average molecular weight is 797 g/mol. The lowest BCUT2D eigenvalue weighted by atomic mass is 9.99. The molecule has 0 aliphatic carbocycles. The van der Waals surface area contributed by atoms with Crippen LogP contribution in [0.2, 0.25) is 0 Å². The molecular formula is C44H52N4O10. The minimum atomic E-state index is -2.02. The van der Waals surface area contributed by atoms with Gasteiger partial charge in [0.05, 0.1) is 31.2 Å². The van der Waals surface area contributed by atoms with Gasteiger partial charge >= 0.3 is 12.1 Å². The van der Waals surface area contributed by atoms with Gasteiger partial charge in [0.2, 0.25) is 11.8 Å². The molecule has 5 atom stereocenters. The molecule has 4 amide bonds. The summed E-state index contributed by atoms with van der Waals surface area (Å²) in [6.07, 6.45) is -5.88. The Morgan fingerprint density at radius 2 is 1.19 bits per heavy atom. The number of benzene rings is 4. The first kappa shape index (κ1) is 44.6. The van der Waals surface area contributed by atoms with Crippen molar-refractivity contribution in [1.82, 2.24) is 21.3 Å². The number of amides is 4. The fraction of sp³-hybridized carbons (Fsp3) is 0.341. The largest absolute Gasteiger partial charge is 0.452 e. The predicted octanol–water partition coefficient (Wildman–Crippen LogP) is 3.61. The molecule has 58 heavy (non-hydrogen) atoms. The number of alkyl carbamates (subject to hydrolysis) is 1. The maximum atomic E-state index is 13.5. The Balaban J connectivity index is 1.33. The maximum Gasteiger partial charge on any atom is 0.407 e. The Bertz CT molecular complexity index is 1840. The van der Waals surface area contributed by atoms with E-state index in [4.69, 9.17) is 9.47 Å². The Hall–Kier alpha value is -6.09. The van der Waals surface area contributed by atoms with Crippen molar-refractivity contribution < 1.29 is 48.8 Å². The van der Waals surface area contributed by atoms with Gasteiger partial charge in [-0.15, -0.1) is 0 Å². The lowest BCUT2D eigenvalue weighted by molar-refractivity contribution is -0.148. The van der Waals surface area contributed by atoms with Gasteiger partial charge in [0.25, 0.3) is 5.91 Å². The number of esters is 1. The van der Waals surface area contributed by atoms with Gasteiger partial charge in [-0.25, -0.2) is 4.79 Å². The van der Waals surface area contributed by atoms with Crippen LogP contribution in [0.25, 0.3) is 0 Å². The molecule has 0 spiro atoms. The van der Waals surface area contributed by atoms with E-state index in [0.29, 0.717) is 5.56 Å². The lowest BCUT2D eigenvalue weighted by Crippen LogP contribution is -2.54. The van der Waals surface area contributed by atoms with Gasteiger partial charge < -0.3 is 46.1 Å². The van der Waals surface area contributed by atoms with E-state index in [-0.39, 0.29) is 25.4 Å². The highest BCUT2D eigenvalue weighted by Gasteiger charge is 2.32. The van der Waals surface area contributed by atoms with Gasteiger partial charge in [-0.3, -0.25) is 19.2 Å². The minimum Gasteiger partial charge on any atom is -0.452 e. The lowest BCUT2D eigenvalue weighted by Gasteiger charge is -2.27. The Labute approximate surface area is 338 Å². The molecule has 0 saturated heterocycles. The Morgan fingerprint density at radius 3 is 1.72 bits per heavy atom. The normalized spacial score (nSPS) is 13.6. The SMILES string of the molecule is CC(C)C[C@H](NC(=O)CNC(=O)OCc1ccccc1)C(=O)N[C@@H](CO)C[C@@H](O)[C@H](O)C(=O)N[C@@H](CC(=O)OC(c1ccccc1)c1ccccc1)c1ccccc1. The molecule has 0 fully saturated rings. The highest BCUT2D eigenvalue weighted by molar-refractivity contribution is 5.89. The van der Waals surface area contributed by atoms with E-state index in [1.54, 1.807) is 54.6 Å². The van der Waals surface area contributed by atoms with Crippen molar-refractivity contribution in [2.45, 2.75) is 76.2 Å². The third-order valence-corrected chi connectivity index (χ3v) is 9.03. The number of carbonyl (C=O) groups excluding carboxylic acids is 5. The molecule has 4 aromatic rings. The number of hydrogen-bond acceptors (Lipinski definition) is 10. The van der Waals surface area contributed by atoms with Crippen molar-refractivity contribution in [3.63, 3.8) is 0 Å². The summed E-state index contributed by atoms with van der Waals surface area (Å²) in [4.78, 5) is 65.0. The van der Waals surface area contributed by atoms with Crippen LogP contribution < -0.4 is 21.3 Å². The first-order valence-electron chi connectivity index (χ1n) is 19.1. The molecule has 4 aromatic carbocycles. The van der Waals surface area contributed by atoms with Gasteiger partial charge in [0.15, 0.2) is 12.2 Å². The number of aliphatic hydroxyl groups is 3. The van der Waals surface area contributed by atoms with Gasteiger partial charge in [-0.2, -0.15) is 0 Å². The van der Waals surface area contributed by atoms with E-state index in [0.717, 1.165) is 16.7 Å². The van der Waals surface area contributed by atoms with Crippen LogP contribution in [0.5, 0.6) is 0 Å². The van der Waals surface area contributed by atoms with Crippen molar-refractivity contribution in [1.29, 1.82) is 0 Å². The molecule has 0 heterocycles. The monoisotopic (exact) mass is 796 g/mol. The fourth-order valence-electron chi connectivity index (χ4n) is 6.08. The molecule has 0 aliphatic heterocycles. The molecular weight excluding hydrogens is 745 g/mol. The Morgan fingerprint density at radius 1 is 0.655 bits per heavy atom. The molecule has 0 radical (unpaired) electrons. The topological polar surface area (TPSA) is 213 Å². The van der Waals surface area contributed by atoms with Gasteiger partial charge in [-0.05, 0) is 41.0 Å². The summed E-state index contributed by atoms with van der Waals surface area (Å²) < 4.78 is 11.1. The summed E-state index contributed by atoms with van der Waals surface area (Å²) in [6, 6.07) is 32.8. The molecule has 0 saturated carbocycles. The van der Waals surface area contributed by atoms with Crippen LogP contribution in [0.3, 0.4) is 0 Å². The van der Waals surface area contributed by atoms with Gasteiger partial charge in [0.1, 0.15) is 19.2 Å². The second-order valence-corrected chi connectivity index (χ2v) is 14.2. The fourth-order valence-corrected chi connectivity index (χ4v) is 6.08. The first-order valence-corrected chi connectivity index (χ1v) is 19.1. The standard InChI is InChI=1S/C44H52N4O10/c1-29(2)23-36(47-38(51)26-45-44(56)57-28-30-15-7-3-8-16-30)42(54)46-34(27-49)24-37(50)40(53)43(55)48-35(31-17-9-4-10-18-31)25-39(52)58-41(32-19-11-5-12-20-32)33-21-13-6-14-22-33/h3-22,29,34-37,40-41,49-50,53H,23-28H2,1-2H3,(H,45,56)(H,46,54)(H,47,51)(H,48,55)/t34-,35+,36+,37-,40+/m1/s1. The molecule has 14 nitrogen and oxygen atoms in total. The molecule has 14 heteroatoms. The number of hydrogen-bond donors (Lipinski definition) is 7. The molecule has 0 bridgehead atoms. The van der Waals surface area contributed by atoms with Crippen LogP contribution in [-0.4, -0.2) is 82.5 Å². The number of carbonyl (C=O) groups is 5. The zero-order chi connectivity index (χ0) is 41.9. The summed E-state index contributed by atoms with van der Waals surface area (Å²) in [7, 11) is 0. The average Bonchev–Trinajstić information content (AvgIpc) is 3.24. The smallest absolute Gasteiger partial charge is 0.407 e. The second-order valence-electron chi connectivity index (χ2n) is 14.2. The maximum absolute atomic E-state index is 13.5. The highest BCUT2D eigenvalue weighted by Crippen LogP contribution is 2.28. The molecule has 7 N–H and O–H groups in total. The van der Waals surface area contributed by atoms with Crippen molar-refractivity contribution >= 4 is 29.8 Å². The summed E-state index contributed by atoms with van der Waals surface area (Å²) in [5.41, 5.74) is 2.80. The summed E-state index contributed by atoms with van der Waals surface area (Å²) in [6.45, 7) is 2.53. The van der Waals surface area contributed by atoms with Crippen LogP contribution in [0.15, 0.2) is 121 Å². The van der Waals surface area contributed by atoms with Gasteiger partial charge in [0, 0.05) is 0 Å². The summed E-state index contributed by atoms with van der Waals surface area (Å²) >= 11 is 0. The van der Waals surface area contributed by atoms with Crippen molar-refractivity contribution in [3.8, 4) is 0 Å². The highest BCUT2D eigenvalue weighted by atomic mass is 16.5. The molecule has 0 unspecified atom stereocenters. The zero-order valence-electron chi connectivity index (χ0n) is 32.5. The minimum absolute atomic E-state index is 0.00440. The van der Waals surface area contributed by atoms with E-state index >= 15 is 0 Å². The zero-order valence-corrected chi connectivity index (χ0v) is 32.5. The number of nitrogens with one attached hydrogen (secondary N) is 4. The Kier molecular flexibility index (Phi) is 17.9. The van der Waals surface area contributed by atoms with E-state index in [1.165, 1.54) is 0 Å². The predicted molar refractivity (Wildman–Crippen MR) is 214 cm³/mol. The van der Waals surface area contributed by atoms with E-state index < -0.39 is 85.8 Å².